The Morgan fingerprint density at radius 3 is 2.52 bits per heavy atom. The molecule has 0 amide bonds. The Morgan fingerprint density at radius 2 is 1.94 bits per heavy atom. The zero-order chi connectivity index (χ0) is 24.6. The zero-order valence-electron chi connectivity index (χ0n) is 17.8. The number of hydrogen-bond acceptors (Lipinski definition) is 8. The second-order valence-electron chi connectivity index (χ2n) is 7.72. The fourth-order valence-electron chi connectivity index (χ4n) is 2.91. The normalized spacial score (nSPS) is 12.6. The van der Waals surface area contributed by atoms with E-state index in [2.05, 4.69) is 20.4 Å². The van der Waals surface area contributed by atoms with Crippen LogP contribution in [0, 0.1) is 0 Å². The number of aliphatic hydroxyl groups is 1. The monoisotopic (exact) mass is 486 g/mol. The van der Waals surface area contributed by atoms with E-state index in [9.17, 15) is 26.7 Å². The van der Waals surface area contributed by atoms with Gasteiger partial charge < -0.3 is 15.2 Å². The predicted octanol–water partition coefficient (Wildman–Crippen LogP) is 2.53. The number of aromatic nitrogens is 4. The van der Waals surface area contributed by atoms with E-state index in [1.807, 2.05) is 0 Å². The Morgan fingerprint density at radius 1 is 1.24 bits per heavy atom. The van der Waals surface area contributed by atoms with Crippen molar-refractivity contribution in [1.29, 1.82) is 0 Å². The molecule has 0 radical (unpaired) electrons. The molecule has 0 aliphatic heterocycles. The Kier molecular flexibility index (Phi) is 6.37. The molecule has 2 heterocycles. The van der Waals surface area contributed by atoms with Crippen LogP contribution in [-0.4, -0.2) is 46.0 Å². The summed E-state index contributed by atoms with van der Waals surface area (Å²) in [5.41, 5.74) is -2.37. The number of benzene rings is 1. The van der Waals surface area contributed by atoms with Crippen molar-refractivity contribution in [3.8, 4) is 17.0 Å². The van der Waals surface area contributed by atoms with Crippen molar-refractivity contribution in [2.45, 2.75) is 37.1 Å². The molecule has 0 spiro atoms. The van der Waals surface area contributed by atoms with Crippen molar-refractivity contribution in [2.24, 2.45) is 5.14 Å². The number of rotatable bonds is 7. The first kappa shape index (κ1) is 24.4. The maximum Gasteiger partial charge on any atom is 0.419 e. The highest BCUT2D eigenvalue weighted by molar-refractivity contribution is 7.89. The first-order valence-corrected chi connectivity index (χ1v) is 10.9. The average Bonchev–Trinajstić information content (AvgIpc) is 3.13. The van der Waals surface area contributed by atoms with E-state index in [0.29, 0.717) is 6.20 Å². The van der Waals surface area contributed by atoms with E-state index in [4.69, 9.17) is 9.88 Å². The van der Waals surface area contributed by atoms with Gasteiger partial charge in [-0.15, -0.1) is 0 Å². The van der Waals surface area contributed by atoms with Crippen LogP contribution in [0.5, 0.6) is 5.75 Å². The molecule has 4 N–H and O–H groups in total. The van der Waals surface area contributed by atoms with Gasteiger partial charge in [-0.2, -0.15) is 18.3 Å². The summed E-state index contributed by atoms with van der Waals surface area (Å²) in [6.45, 7) is 3.13. The smallest absolute Gasteiger partial charge is 0.419 e. The van der Waals surface area contributed by atoms with E-state index >= 15 is 0 Å². The van der Waals surface area contributed by atoms with Gasteiger partial charge >= 0.3 is 6.18 Å². The summed E-state index contributed by atoms with van der Waals surface area (Å²) >= 11 is 0. The van der Waals surface area contributed by atoms with Gasteiger partial charge in [0.15, 0.2) is 0 Å². The molecule has 0 unspecified atom stereocenters. The molecule has 14 heteroatoms. The number of halogens is 3. The van der Waals surface area contributed by atoms with Gasteiger partial charge in [0.05, 0.1) is 41.7 Å². The van der Waals surface area contributed by atoms with Crippen LogP contribution in [0.3, 0.4) is 0 Å². The lowest BCUT2D eigenvalue weighted by Gasteiger charge is -2.16. The number of alkyl halides is 3. The number of hydrogen-bond donors (Lipinski definition) is 3. The van der Waals surface area contributed by atoms with Gasteiger partial charge in [0.2, 0.25) is 16.0 Å². The number of ether oxygens (including phenoxy) is 1. The first-order chi connectivity index (χ1) is 15.2. The molecule has 0 saturated heterocycles. The topological polar surface area (TPSA) is 145 Å². The Labute approximate surface area is 187 Å². The third-order valence-electron chi connectivity index (χ3n) is 4.30. The maximum absolute atomic E-state index is 13.6. The van der Waals surface area contributed by atoms with Crippen LogP contribution >= 0.6 is 0 Å². The summed E-state index contributed by atoms with van der Waals surface area (Å²) < 4.78 is 70.3. The van der Waals surface area contributed by atoms with Crippen LogP contribution < -0.4 is 15.2 Å². The number of sulfonamides is 1. The molecule has 2 aromatic heterocycles. The molecule has 0 saturated carbocycles. The summed E-state index contributed by atoms with van der Waals surface area (Å²) in [4.78, 5) is 7.53. The summed E-state index contributed by atoms with van der Waals surface area (Å²) in [5, 5.41) is 21.7. The standard InChI is InChI=1S/C19H21F3N6O4S/c1-18(2,29)10-28-9-11(7-25-28)16-13(19(20,21)22)8-24-17(27-16)26-14-5-4-12(33(23,30)31)6-15(14)32-3/h4-9,29H,10H2,1-3H3,(H2,23,30,31)(H,24,26,27). The summed E-state index contributed by atoms with van der Waals surface area (Å²) in [5.74, 6) is -0.139. The third kappa shape index (κ3) is 5.97. The fraction of sp³-hybridized carbons (Fsp3) is 0.316. The molecular weight excluding hydrogens is 465 g/mol. The lowest BCUT2D eigenvalue weighted by Crippen LogP contribution is -2.26. The van der Waals surface area contributed by atoms with E-state index in [1.165, 1.54) is 50.2 Å². The van der Waals surface area contributed by atoms with Crippen LogP contribution in [0.2, 0.25) is 0 Å². The average molecular weight is 486 g/mol. The van der Waals surface area contributed by atoms with Gasteiger partial charge in [0, 0.05) is 24.0 Å². The number of nitrogens with zero attached hydrogens (tertiary/aromatic N) is 4. The number of primary sulfonamides is 1. The first-order valence-electron chi connectivity index (χ1n) is 9.35. The molecule has 10 nitrogen and oxygen atoms in total. The SMILES string of the molecule is COc1cc(S(N)(=O)=O)ccc1Nc1ncc(C(F)(F)F)c(-c2cnn(CC(C)(C)O)c2)n1. The highest BCUT2D eigenvalue weighted by Crippen LogP contribution is 2.37. The van der Waals surface area contributed by atoms with Gasteiger partial charge in [-0.05, 0) is 26.0 Å². The van der Waals surface area contributed by atoms with Crippen LogP contribution in [-0.2, 0) is 22.7 Å². The number of nitrogens with two attached hydrogens (primary N) is 1. The fourth-order valence-corrected chi connectivity index (χ4v) is 3.44. The van der Waals surface area contributed by atoms with Gasteiger partial charge in [-0.3, -0.25) is 4.68 Å². The Bertz CT molecular complexity index is 1270. The molecule has 3 rings (SSSR count). The predicted molar refractivity (Wildman–Crippen MR) is 112 cm³/mol. The lowest BCUT2D eigenvalue weighted by molar-refractivity contribution is -0.137. The molecule has 1 aromatic carbocycles. The minimum absolute atomic E-state index is 0.0537. The quantitative estimate of drug-likeness (QED) is 0.462. The van der Waals surface area contributed by atoms with Gasteiger partial charge in [-0.25, -0.2) is 23.5 Å². The summed E-state index contributed by atoms with van der Waals surface area (Å²) in [7, 11) is -2.71. The van der Waals surface area contributed by atoms with Gasteiger partial charge in [-0.1, -0.05) is 0 Å². The molecule has 178 valence electrons. The van der Waals surface area contributed by atoms with Crippen LogP contribution in [0.4, 0.5) is 24.8 Å². The molecule has 0 atom stereocenters. The highest BCUT2D eigenvalue weighted by atomic mass is 32.2. The van der Waals surface area contributed by atoms with E-state index in [1.54, 1.807) is 0 Å². The molecule has 33 heavy (non-hydrogen) atoms. The Balaban J connectivity index is 2.03. The maximum atomic E-state index is 13.6. The largest absolute Gasteiger partial charge is 0.495 e. The second-order valence-corrected chi connectivity index (χ2v) is 9.29. The van der Waals surface area contributed by atoms with Crippen molar-refractivity contribution in [1.82, 2.24) is 19.7 Å². The zero-order valence-corrected chi connectivity index (χ0v) is 18.6. The Hall–Kier alpha value is -3.23. The minimum atomic E-state index is -4.74. The van der Waals surface area contributed by atoms with Crippen LogP contribution in [0.15, 0.2) is 41.7 Å². The van der Waals surface area contributed by atoms with Crippen LogP contribution in [0.1, 0.15) is 19.4 Å². The van der Waals surface area contributed by atoms with Gasteiger partial charge in [0.25, 0.3) is 0 Å². The minimum Gasteiger partial charge on any atom is -0.495 e. The second kappa shape index (κ2) is 8.61. The van der Waals surface area contributed by atoms with Crippen molar-refractivity contribution in [3.63, 3.8) is 0 Å². The highest BCUT2D eigenvalue weighted by Gasteiger charge is 2.36. The van der Waals surface area contributed by atoms with E-state index in [0.717, 1.165) is 6.07 Å². The third-order valence-corrected chi connectivity index (χ3v) is 5.21. The summed E-state index contributed by atoms with van der Waals surface area (Å²) in [6.07, 6.45) is -1.57. The van der Waals surface area contributed by atoms with E-state index in [-0.39, 0.29) is 34.4 Å². The molecule has 0 aliphatic carbocycles. The molecule has 0 fully saturated rings. The molecule has 0 aliphatic rings. The number of nitrogens with one attached hydrogen (secondary N) is 1. The van der Waals surface area contributed by atoms with Crippen molar-refractivity contribution >= 4 is 21.7 Å². The number of methoxy groups -OCH3 is 1. The molecule has 0 bridgehead atoms. The van der Waals surface area contributed by atoms with Crippen molar-refractivity contribution < 1.29 is 31.4 Å². The van der Waals surface area contributed by atoms with Crippen LogP contribution in [0.25, 0.3) is 11.3 Å². The molecular formula is C19H21F3N6O4S. The van der Waals surface area contributed by atoms with Gasteiger partial charge in [0.1, 0.15) is 11.3 Å². The number of anilines is 2. The lowest BCUT2D eigenvalue weighted by atomic mass is 10.1. The van der Waals surface area contributed by atoms with Crippen molar-refractivity contribution in [3.05, 3.63) is 42.4 Å². The van der Waals surface area contributed by atoms with Crippen molar-refractivity contribution in [2.75, 3.05) is 12.4 Å². The van der Waals surface area contributed by atoms with E-state index < -0.39 is 33.1 Å². The molecule has 3 aromatic rings. The summed E-state index contributed by atoms with van der Waals surface area (Å²) in [6, 6.07) is 3.68.